The van der Waals surface area contributed by atoms with E-state index in [1.54, 1.807) is 0 Å². The SMILES string of the molecule is C=C=O.[7CH4]. The summed E-state index contributed by atoms with van der Waals surface area (Å²) in [5.74, 6) is 1.25. The Balaban J connectivity index is 0. The van der Waals surface area contributed by atoms with Gasteiger partial charge in [-0.1, -0.05) is 7.43 Å². The molecule has 0 bridgehead atoms. The van der Waals surface area contributed by atoms with Crippen LogP contribution in [-0.2, 0) is 4.79 Å². The first-order valence-electron chi connectivity index (χ1n) is 0.558. The van der Waals surface area contributed by atoms with Crippen molar-refractivity contribution in [2.75, 3.05) is 0 Å². The molecule has 0 atom stereocenters. The Kier molecular flexibility index (Phi) is 62.6. The maximum Gasteiger partial charge on any atom is 0.116 e. The molecular formula is C3H6O. The summed E-state index contributed by atoms with van der Waals surface area (Å²) in [4.78, 5) is 8.57. The van der Waals surface area contributed by atoms with Crippen molar-refractivity contribution in [3.8, 4) is 0 Å². The summed E-state index contributed by atoms with van der Waals surface area (Å²) in [5.41, 5.74) is 0. The summed E-state index contributed by atoms with van der Waals surface area (Å²) in [7, 11) is 0. The number of hydrogen-bond acceptors (Lipinski definition) is 1. The van der Waals surface area contributed by atoms with Crippen molar-refractivity contribution in [1.29, 1.82) is 0 Å². The van der Waals surface area contributed by atoms with Gasteiger partial charge in [-0.3, -0.25) is 0 Å². The first kappa shape index (κ1) is 9.85. The van der Waals surface area contributed by atoms with Gasteiger partial charge in [0.2, 0.25) is 0 Å². The van der Waals surface area contributed by atoms with E-state index in [1.807, 2.05) is 0 Å². The van der Waals surface area contributed by atoms with E-state index in [2.05, 4.69) is 6.58 Å². The van der Waals surface area contributed by atoms with Crippen LogP contribution in [0.15, 0.2) is 6.58 Å². The lowest BCUT2D eigenvalue weighted by Crippen LogP contribution is -1.15. The van der Waals surface area contributed by atoms with Gasteiger partial charge in [-0.25, -0.2) is 4.79 Å². The molecule has 0 radical (unpaired) electrons. The van der Waals surface area contributed by atoms with Gasteiger partial charge in [0.1, 0.15) is 5.94 Å². The summed E-state index contributed by atoms with van der Waals surface area (Å²) in [6.07, 6.45) is 0. The predicted octanol–water partition coefficient (Wildman–Crippen LogP) is 0.640. The third-order valence-corrected chi connectivity index (χ3v) is 0. The van der Waals surface area contributed by atoms with Gasteiger partial charge in [0.05, 0.1) is 0 Å². The van der Waals surface area contributed by atoms with Gasteiger partial charge in [-0.15, -0.1) is 0 Å². The second-order valence-electron chi connectivity index (χ2n) is 0.144. The monoisotopic (exact) mass is 53.0 g/mol. The fourth-order valence-electron chi connectivity index (χ4n) is 0. The van der Waals surface area contributed by atoms with Crippen molar-refractivity contribution in [3.05, 3.63) is 6.58 Å². The largest absolute Gasteiger partial charge is 0.234 e. The molecule has 0 aromatic heterocycles. The normalized spacial score (nSPS) is 2.00. The van der Waals surface area contributed by atoms with Crippen LogP contribution in [0.25, 0.3) is 0 Å². The van der Waals surface area contributed by atoms with Crippen LogP contribution in [0, 0.1) is 0 Å². The van der Waals surface area contributed by atoms with Gasteiger partial charge in [-0.2, -0.15) is 0 Å². The highest BCUT2D eigenvalue weighted by molar-refractivity contribution is 5.38. The average molecular weight is 53.1 g/mol. The zero-order chi connectivity index (χ0) is 2.71. The van der Waals surface area contributed by atoms with Crippen LogP contribution < -0.4 is 0 Å². The van der Waals surface area contributed by atoms with Gasteiger partial charge in [0.25, 0.3) is 0 Å². The van der Waals surface area contributed by atoms with E-state index in [0.717, 1.165) is 0 Å². The first-order valence-corrected chi connectivity index (χ1v) is 0.558. The highest BCUT2D eigenvalue weighted by Gasteiger charge is 1.01. The van der Waals surface area contributed by atoms with Crippen LogP contribution in [0.5, 0.6) is 0 Å². The molecule has 0 aliphatic rings. The van der Waals surface area contributed by atoms with E-state index >= 15 is 0 Å². The molecule has 0 N–H and O–H groups in total. The molecule has 24 valence electrons. The highest BCUT2D eigenvalue weighted by Crippen LogP contribution is 0.894. The predicted molar refractivity (Wildman–Crippen MR) is 18.1 cm³/mol. The molecule has 0 saturated carbocycles. The molecule has 0 saturated heterocycles. The zero-order valence-electron chi connectivity index (χ0n) is 1.62. The molecule has 0 unspecified atom stereocenters. The zero-order valence-corrected chi connectivity index (χ0v) is 1.62. The molecular weight excluding hydrogens is 47.0 g/mol. The van der Waals surface area contributed by atoms with Crippen LogP contribution in [0.1, 0.15) is 7.43 Å². The Morgan fingerprint density at radius 2 is 1.75 bits per heavy atom. The smallest absolute Gasteiger partial charge is 0.116 e. The lowest BCUT2D eigenvalue weighted by molar-refractivity contribution is 0.569. The number of carbonyl (C=O) groups excluding carboxylic acids is 1. The Labute approximate surface area is 25.9 Å². The Bertz CT molecular complexity index is 24.3. The second kappa shape index (κ2) is 25.4. The molecule has 0 aromatic rings. The van der Waals surface area contributed by atoms with Crippen LogP contribution in [0.4, 0.5) is 0 Å². The van der Waals surface area contributed by atoms with Gasteiger partial charge in [0.15, 0.2) is 0 Å². The molecule has 0 rings (SSSR count). The molecule has 1 heteroatoms. The lowest BCUT2D eigenvalue weighted by Gasteiger charge is -1.02. The van der Waals surface area contributed by atoms with Crippen LogP contribution in [-0.4, -0.2) is 5.94 Å². The Morgan fingerprint density at radius 3 is 1.75 bits per heavy atom. The van der Waals surface area contributed by atoms with Crippen molar-refractivity contribution in [3.63, 3.8) is 0 Å². The van der Waals surface area contributed by atoms with Gasteiger partial charge >= 0.3 is 0 Å². The summed E-state index contributed by atoms with van der Waals surface area (Å²) in [5, 5.41) is 0. The van der Waals surface area contributed by atoms with E-state index in [4.69, 9.17) is 4.79 Å². The molecule has 0 aliphatic heterocycles. The number of rotatable bonds is 0. The molecule has 0 fully saturated rings. The van der Waals surface area contributed by atoms with E-state index < -0.39 is 0 Å². The Morgan fingerprint density at radius 1 is 1.75 bits per heavy atom. The summed E-state index contributed by atoms with van der Waals surface area (Å²) in [6, 6.07) is 0. The topological polar surface area (TPSA) is 17.1 Å². The van der Waals surface area contributed by atoms with E-state index in [1.165, 1.54) is 5.94 Å². The molecule has 0 amide bonds. The van der Waals surface area contributed by atoms with E-state index in [-0.39, 0.29) is 7.43 Å². The van der Waals surface area contributed by atoms with Crippen molar-refractivity contribution >= 4 is 5.94 Å². The fraction of sp³-hybridized carbons (Fsp3) is 0.333. The van der Waals surface area contributed by atoms with E-state index in [9.17, 15) is 0 Å². The summed E-state index contributed by atoms with van der Waals surface area (Å²) < 4.78 is 0. The van der Waals surface area contributed by atoms with Crippen LogP contribution in [0.2, 0.25) is 0 Å². The maximum atomic E-state index is 8.57. The molecule has 4 heavy (non-hydrogen) atoms. The fourth-order valence-corrected chi connectivity index (χ4v) is 0. The van der Waals surface area contributed by atoms with Gasteiger partial charge in [-0.05, 0) is 6.58 Å². The van der Waals surface area contributed by atoms with Gasteiger partial charge in [0, 0.05) is 0 Å². The number of hydrogen-bond donors (Lipinski definition) is 0. The highest BCUT2D eigenvalue weighted by atomic mass is 16.1. The minimum Gasteiger partial charge on any atom is -0.234 e. The van der Waals surface area contributed by atoms with Crippen molar-refractivity contribution in [2.24, 2.45) is 0 Å². The van der Waals surface area contributed by atoms with Crippen molar-refractivity contribution in [2.45, 2.75) is 7.43 Å². The van der Waals surface area contributed by atoms with Crippen molar-refractivity contribution in [1.82, 2.24) is 0 Å². The first-order chi connectivity index (χ1) is 1.41. The molecule has 0 heterocycles. The van der Waals surface area contributed by atoms with Crippen LogP contribution >= 0.6 is 0 Å². The molecule has 0 aliphatic carbocycles. The molecule has 0 aromatic carbocycles. The molecule has 1 nitrogen and oxygen atoms in total. The second-order valence-corrected chi connectivity index (χ2v) is 0.144. The van der Waals surface area contributed by atoms with Crippen molar-refractivity contribution < 1.29 is 4.79 Å². The van der Waals surface area contributed by atoms with E-state index in [0.29, 0.717) is 0 Å². The Hall–Kier alpha value is -0.550. The standard InChI is InChI=1S/C2H2O.CH4/c1-2-3;/h1H2;1H4/i;1-5. The third kappa shape index (κ3) is 0.971. The molecule has 0 spiro atoms. The van der Waals surface area contributed by atoms with Gasteiger partial charge < -0.3 is 0 Å². The maximum absolute atomic E-state index is 8.57. The minimum atomic E-state index is 0. The summed E-state index contributed by atoms with van der Waals surface area (Å²) >= 11 is 0. The lowest BCUT2D eigenvalue weighted by atomic mass is 7.00. The third-order valence-electron chi connectivity index (χ3n) is 0. The summed E-state index contributed by atoms with van der Waals surface area (Å²) in [6.45, 7) is 2.68. The van der Waals surface area contributed by atoms with Crippen LogP contribution in [0.3, 0.4) is 0 Å². The average Bonchev–Trinajstić information content (AvgIpc) is 0.918. The quantitative estimate of drug-likeness (QED) is 0.370. The minimum absolute atomic E-state index is 0.